The highest BCUT2D eigenvalue weighted by atomic mass is 16.5. The van der Waals surface area contributed by atoms with Crippen molar-refractivity contribution in [3.05, 3.63) is 23.3 Å². The molecule has 98 valence electrons. The number of benzene rings is 1. The van der Waals surface area contributed by atoms with Crippen LogP contribution in [0.15, 0.2) is 12.1 Å². The van der Waals surface area contributed by atoms with Crippen LogP contribution in [0.4, 0.5) is 0 Å². The first kappa shape index (κ1) is 12.7. The van der Waals surface area contributed by atoms with Crippen LogP contribution < -0.4 is 9.47 Å². The highest BCUT2D eigenvalue weighted by Crippen LogP contribution is 2.36. The molecule has 0 aromatic heterocycles. The SMILES string of the molecule is COc1ccc2c(c1OC)CN(CC(=O)O)CC2. The summed E-state index contributed by atoms with van der Waals surface area (Å²) in [5.74, 6) is 0.596. The fraction of sp³-hybridized carbons (Fsp3) is 0.462. The Hall–Kier alpha value is -1.75. The van der Waals surface area contributed by atoms with Gasteiger partial charge in [-0.1, -0.05) is 6.07 Å². The fourth-order valence-corrected chi connectivity index (χ4v) is 2.35. The Morgan fingerprint density at radius 3 is 2.78 bits per heavy atom. The summed E-state index contributed by atoms with van der Waals surface area (Å²) >= 11 is 0. The second-order valence-corrected chi connectivity index (χ2v) is 4.29. The molecule has 1 aliphatic heterocycles. The first-order chi connectivity index (χ1) is 8.65. The molecule has 1 aliphatic rings. The van der Waals surface area contributed by atoms with Gasteiger partial charge in [-0.3, -0.25) is 9.69 Å². The summed E-state index contributed by atoms with van der Waals surface area (Å²) in [4.78, 5) is 12.7. The van der Waals surface area contributed by atoms with E-state index in [1.54, 1.807) is 14.2 Å². The molecule has 0 fully saturated rings. The van der Waals surface area contributed by atoms with Gasteiger partial charge in [-0.2, -0.15) is 0 Å². The van der Waals surface area contributed by atoms with Crippen molar-refractivity contribution in [1.82, 2.24) is 4.90 Å². The monoisotopic (exact) mass is 251 g/mol. The van der Waals surface area contributed by atoms with Crippen LogP contribution in [0.3, 0.4) is 0 Å². The molecule has 0 bridgehead atoms. The fourth-order valence-electron chi connectivity index (χ4n) is 2.35. The maximum atomic E-state index is 10.8. The molecule has 1 N–H and O–H groups in total. The van der Waals surface area contributed by atoms with Crippen molar-refractivity contribution in [3.63, 3.8) is 0 Å². The Labute approximate surface area is 106 Å². The number of hydrogen-bond acceptors (Lipinski definition) is 4. The molecule has 0 atom stereocenters. The molecule has 18 heavy (non-hydrogen) atoms. The summed E-state index contributed by atoms with van der Waals surface area (Å²) in [6.45, 7) is 1.40. The summed E-state index contributed by atoms with van der Waals surface area (Å²) < 4.78 is 10.6. The van der Waals surface area contributed by atoms with Gasteiger partial charge in [0.1, 0.15) is 0 Å². The molecule has 1 heterocycles. The average Bonchev–Trinajstić information content (AvgIpc) is 2.36. The third-order valence-electron chi connectivity index (χ3n) is 3.18. The van der Waals surface area contributed by atoms with Crippen LogP contribution in [-0.2, 0) is 17.8 Å². The molecule has 0 unspecified atom stereocenters. The van der Waals surface area contributed by atoms with Crippen molar-refractivity contribution in [2.75, 3.05) is 27.3 Å². The van der Waals surface area contributed by atoms with Crippen molar-refractivity contribution in [3.8, 4) is 11.5 Å². The molecule has 1 aromatic carbocycles. The lowest BCUT2D eigenvalue weighted by Gasteiger charge is -2.29. The molecule has 5 nitrogen and oxygen atoms in total. The van der Waals surface area contributed by atoms with Crippen LogP contribution in [-0.4, -0.2) is 43.3 Å². The second-order valence-electron chi connectivity index (χ2n) is 4.29. The van der Waals surface area contributed by atoms with E-state index in [1.165, 1.54) is 5.56 Å². The van der Waals surface area contributed by atoms with E-state index in [0.29, 0.717) is 18.0 Å². The molecular weight excluding hydrogens is 234 g/mol. The molecule has 0 radical (unpaired) electrons. The van der Waals surface area contributed by atoms with Crippen molar-refractivity contribution in [2.45, 2.75) is 13.0 Å². The number of ether oxygens (including phenoxy) is 2. The summed E-state index contributed by atoms with van der Waals surface area (Å²) in [5.41, 5.74) is 2.23. The summed E-state index contributed by atoms with van der Waals surface area (Å²) in [5, 5.41) is 8.84. The van der Waals surface area contributed by atoms with Crippen LogP contribution in [0.2, 0.25) is 0 Å². The van der Waals surface area contributed by atoms with E-state index >= 15 is 0 Å². The van der Waals surface area contributed by atoms with Crippen LogP contribution in [0, 0.1) is 0 Å². The van der Waals surface area contributed by atoms with Crippen LogP contribution >= 0.6 is 0 Å². The summed E-state index contributed by atoms with van der Waals surface area (Å²) in [6, 6.07) is 3.92. The topological polar surface area (TPSA) is 59.0 Å². The lowest BCUT2D eigenvalue weighted by atomic mass is 9.98. The highest BCUT2D eigenvalue weighted by molar-refractivity contribution is 5.69. The average molecular weight is 251 g/mol. The zero-order valence-corrected chi connectivity index (χ0v) is 10.6. The Kier molecular flexibility index (Phi) is 3.72. The first-order valence-electron chi connectivity index (χ1n) is 5.82. The van der Waals surface area contributed by atoms with E-state index in [-0.39, 0.29) is 6.54 Å². The maximum absolute atomic E-state index is 10.8. The van der Waals surface area contributed by atoms with Crippen molar-refractivity contribution >= 4 is 5.97 Å². The van der Waals surface area contributed by atoms with E-state index in [4.69, 9.17) is 14.6 Å². The number of aliphatic carboxylic acids is 1. The number of hydrogen-bond donors (Lipinski definition) is 1. The molecule has 5 heteroatoms. The number of methoxy groups -OCH3 is 2. The van der Waals surface area contributed by atoms with Gasteiger partial charge in [0.05, 0.1) is 20.8 Å². The molecule has 0 amide bonds. The van der Waals surface area contributed by atoms with Gasteiger partial charge in [-0.05, 0) is 18.1 Å². The smallest absolute Gasteiger partial charge is 0.317 e. The number of fused-ring (bicyclic) bond motifs is 1. The Morgan fingerprint density at radius 1 is 1.39 bits per heavy atom. The predicted molar refractivity (Wildman–Crippen MR) is 66.2 cm³/mol. The zero-order valence-electron chi connectivity index (χ0n) is 10.6. The van der Waals surface area contributed by atoms with Crippen molar-refractivity contribution in [1.29, 1.82) is 0 Å². The standard InChI is InChI=1S/C13H17NO4/c1-17-11-4-3-9-5-6-14(8-12(15)16)7-10(9)13(11)18-2/h3-4H,5-8H2,1-2H3,(H,15,16). The molecular formula is C13H17NO4. The van der Waals surface area contributed by atoms with E-state index < -0.39 is 5.97 Å². The number of carboxylic acid groups (broad SMARTS) is 1. The lowest BCUT2D eigenvalue weighted by molar-refractivity contribution is -0.138. The van der Waals surface area contributed by atoms with Gasteiger partial charge in [-0.15, -0.1) is 0 Å². The second kappa shape index (κ2) is 5.27. The van der Waals surface area contributed by atoms with E-state index in [9.17, 15) is 4.79 Å². The number of carbonyl (C=O) groups is 1. The lowest BCUT2D eigenvalue weighted by Crippen LogP contribution is -2.35. The minimum absolute atomic E-state index is 0.0554. The van der Waals surface area contributed by atoms with Crippen molar-refractivity contribution in [2.24, 2.45) is 0 Å². The first-order valence-corrected chi connectivity index (χ1v) is 5.82. The van der Waals surface area contributed by atoms with Gasteiger partial charge in [0, 0.05) is 18.7 Å². The molecule has 0 saturated carbocycles. The van der Waals surface area contributed by atoms with Crippen LogP contribution in [0.25, 0.3) is 0 Å². The zero-order chi connectivity index (χ0) is 13.1. The summed E-state index contributed by atoms with van der Waals surface area (Å²) in [7, 11) is 3.20. The Balaban J connectivity index is 2.31. The number of nitrogens with zero attached hydrogens (tertiary/aromatic N) is 1. The maximum Gasteiger partial charge on any atom is 0.317 e. The van der Waals surface area contributed by atoms with Gasteiger partial charge >= 0.3 is 5.97 Å². The third-order valence-corrected chi connectivity index (χ3v) is 3.18. The van der Waals surface area contributed by atoms with Crippen molar-refractivity contribution < 1.29 is 19.4 Å². The third kappa shape index (κ3) is 2.41. The quantitative estimate of drug-likeness (QED) is 0.869. The van der Waals surface area contributed by atoms with Gasteiger partial charge in [0.25, 0.3) is 0 Å². The van der Waals surface area contributed by atoms with E-state index in [2.05, 4.69) is 0 Å². The Morgan fingerprint density at radius 2 is 2.17 bits per heavy atom. The normalized spacial score (nSPS) is 15.0. The minimum Gasteiger partial charge on any atom is -0.493 e. The molecule has 2 rings (SSSR count). The predicted octanol–water partition coefficient (Wildman–Crippen LogP) is 1.15. The molecule has 0 aliphatic carbocycles. The summed E-state index contributed by atoms with van der Waals surface area (Å²) in [6.07, 6.45) is 0.836. The van der Waals surface area contributed by atoms with E-state index in [1.807, 2.05) is 17.0 Å². The minimum atomic E-state index is -0.805. The number of rotatable bonds is 4. The van der Waals surface area contributed by atoms with Gasteiger partial charge in [0.2, 0.25) is 0 Å². The number of carboxylic acids is 1. The highest BCUT2D eigenvalue weighted by Gasteiger charge is 2.23. The van der Waals surface area contributed by atoms with E-state index in [0.717, 1.165) is 18.5 Å². The van der Waals surface area contributed by atoms with Gasteiger partial charge < -0.3 is 14.6 Å². The van der Waals surface area contributed by atoms with Crippen LogP contribution in [0.1, 0.15) is 11.1 Å². The van der Waals surface area contributed by atoms with Gasteiger partial charge in [0.15, 0.2) is 11.5 Å². The Bertz CT molecular complexity index is 459. The van der Waals surface area contributed by atoms with Crippen LogP contribution in [0.5, 0.6) is 11.5 Å². The van der Waals surface area contributed by atoms with Gasteiger partial charge in [-0.25, -0.2) is 0 Å². The molecule has 1 aromatic rings. The molecule has 0 spiro atoms. The molecule has 0 saturated heterocycles. The largest absolute Gasteiger partial charge is 0.493 e.